The third-order valence-electron chi connectivity index (χ3n) is 3.84. The summed E-state index contributed by atoms with van der Waals surface area (Å²) in [5.41, 5.74) is -3.00. The van der Waals surface area contributed by atoms with E-state index in [1.54, 1.807) is 20.8 Å². The Kier molecular flexibility index (Phi) is 5.73. The molecule has 0 aliphatic carbocycles. The first-order valence-electron chi connectivity index (χ1n) is 8.29. The van der Waals surface area contributed by atoms with Crippen LogP contribution in [0.4, 0.5) is 22.0 Å². The van der Waals surface area contributed by atoms with E-state index in [0.717, 1.165) is 31.2 Å². The van der Waals surface area contributed by atoms with Gasteiger partial charge in [-0.15, -0.1) is 0 Å². The van der Waals surface area contributed by atoms with Crippen LogP contribution in [0.25, 0.3) is 0 Å². The summed E-state index contributed by atoms with van der Waals surface area (Å²) < 4.78 is 77.6. The van der Waals surface area contributed by atoms with Crippen LogP contribution >= 0.6 is 0 Å². The first-order chi connectivity index (χ1) is 12.7. The Morgan fingerprint density at radius 3 is 2.00 bits per heavy atom. The van der Waals surface area contributed by atoms with Crippen molar-refractivity contribution in [2.24, 2.45) is 0 Å². The summed E-state index contributed by atoms with van der Waals surface area (Å²) in [5.74, 6) is -3.66. The SMILES string of the molecule is Cc1c(Oc2ccc(C(F)(F)F)c(C)c2C(=O)OC(C)(C)C)ccc(F)c1F. The minimum Gasteiger partial charge on any atom is -0.456 e. The number of hydrogen-bond acceptors (Lipinski definition) is 3. The van der Waals surface area contributed by atoms with Gasteiger partial charge in [-0.1, -0.05) is 0 Å². The molecule has 0 radical (unpaired) electrons. The molecule has 0 aliphatic heterocycles. The maximum Gasteiger partial charge on any atom is 0.416 e. The molecule has 0 saturated carbocycles. The zero-order chi connectivity index (χ0) is 21.4. The molecule has 2 rings (SSSR count). The lowest BCUT2D eigenvalue weighted by molar-refractivity contribution is -0.138. The first kappa shape index (κ1) is 21.7. The average molecular weight is 402 g/mol. The number of rotatable bonds is 3. The van der Waals surface area contributed by atoms with E-state index in [-0.39, 0.29) is 22.6 Å². The number of benzene rings is 2. The summed E-state index contributed by atoms with van der Waals surface area (Å²) in [4.78, 5) is 12.6. The highest BCUT2D eigenvalue weighted by atomic mass is 19.4. The zero-order valence-electron chi connectivity index (χ0n) is 15.9. The van der Waals surface area contributed by atoms with Gasteiger partial charge < -0.3 is 9.47 Å². The van der Waals surface area contributed by atoms with Crippen molar-refractivity contribution in [2.45, 2.75) is 46.4 Å². The van der Waals surface area contributed by atoms with Crippen molar-refractivity contribution in [2.75, 3.05) is 0 Å². The largest absolute Gasteiger partial charge is 0.456 e. The predicted molar refractivity (Wildman–Crippen MR) is 92.5 cm³/mol. The molecule has 0 saturated heterocycles. The smallest absolute Gasteiger partial charge is 0.416 e. The molecule has 8 heteroatoms. The molecule has 0 fully saturated rings. The molecule has 0 aromatic heterocycles. The van der Waals surface area contributed by atoms with Crippen LogP contribution in [-0.2, 0) is 10.9 Å². The summed E-state index contributed by atoms with van der Waals surface area (Å²) in [6, 6.07) is 3.66. The van der Waals surface area contributed by atoms with Crippen LogP contribution in [0.15, 0.2) is 24.3 Å². The second kappa shape index (κ2) is 7.41. The number of alkyl halides is 3. The molecule has 2 aromatic rings. The van der Waals surface area contributed by atoms with Gasteiger partial charge in [0.25, 0.3) is 0 Å². The molecule has 3 nitrogen and oxygen atoms in total. The van der Waals surface area contributed by atoms with Gasteiger partial charge in [-0.3, -0.25) is 0 Å². The number of ether oxygens (including phenoxy) is 2. The predicted octanol–water partition coefficient (Wildman–Crippen LogP) is 6.35. The maximum absolute atomic E-state index is 13.8. The third-order valence-corrected chi connectivity index (χ3v) is 3.84. The molecule has 0 aliphatic rings. The standard InChI is InChI=1S/C20H19F5O3/c1-10-12(20(23,24)25)6-8-15(16(10)18(26)28-19(3,4)5)27-14-9-7-13(21)17(22)11(14)2/h6-9H,1-5H3. The van der Waals surface area contributed by atoms with Crippen LogP contribution in [0.2, 0.25) is 0 Å². The van der Waals surface area contributed by atoms with E-state index < -0.39 is 40.5 Å². The Balaban J connectivity index is 2.62. The first-order valence-corrected chi connectivity index (χ1v) is 8.29. The lowest BCUT2D eigenvalue weighted by Crippen LogP contribution is -2.25. The van der Waals surface area contributed by atoms with Crippen molar-refractivity contribution in [1.82, 2.24) is 0 Å². The van der Waals surface area contributed by atoms with Crippen molar-refractivity contribution in [1.29, 1.82) is 0 Å². The normalized spacial score (nSPS) is 12.1. The summed E-state index contributed by atoms with van der Waals surface area (Å²) >= 11 is 0. The highest BCUT2D eigenvalue weighted by Gasteiger charge is 2.36. The van der Waals surface area contributed by atoms with Gasteiger partial charge in [-0.25, -0.2) is 13.6 Å². The molecule has 28 heavy (non-hydrogen) atoms. The molecule has 0 unspecified atom stereocenters. The zero-order valence-corrected chi connectivity index (χ0v) is 15.9. The summed E-state index contributed by atoms with van der Waals surface area (Å²) in [5, 5.41) is 0. The van der Waals surface area contributed by atoms with Crippen molar-refractivity contribution in [3.05, 3.63) is 58.2 Å². The molecule has 0 bridgehead atoms. The Hall–Kier alpha value is -2.64. The van der Waals surface area contributed by atoms with Gasteiger partial charge in [0.15, 0.2) is 11.6 Å². The molecule has 0 spiro atoms. The fourth-order valence-corrected chi connectivity index (χ4v) is 2.53. The highest BCUT2D eigenvalue weighted by molar-refractivity contribution is 5.95. The van der Waals surface area contributed by atoms with Gasteiger partial charge >= 0.3 is 12.1 Å². The molecular formula is C20H19F5O3. The van der Waals surface area contributed by atoms with Crippen molar-refractivity contribution >= 4 is 5.97 Å². The monoisotopic (exact) mass is 402 g/mol. The lowest BCUT2D eigenvalue weighted by Gasteiger charge is -2.23. The van der Waals surface area contributed by atoms with E-state index in [1.165, 1.54) is 6.92 Å². The molecule has 0 atom stereocenters. The number of carbonyl (C=O) groups excluding carboxylic acids is 1. The second-order valence-electron chi connectivity index (χ2n) is 7.20. The Bertz CT molecular complexity index is 912. The van der Waals surface area contributed by atoms with E-state index in [9.17, 15) is 26.7 Å². The van der Waals surface area contributed by atoms with E-state index >= 15 is 0 Å². The summed E-state index contributed by atoms with van der Waals surface area (Å²) in [7, 11) is 0. The van der Waals surface area contributed by atoms with Crippen molar-refractivity contribution < 1.29 is 36.2 Å². The fourth-order valence-electron chi connectivity index (χ4n) is 2.53. The van der Waals surface area contributed by atoms with Crippen LogP contribution < -0.4 is 4.74 Å². The van der Waals surface area contributed by atoms with Crippen molar-refractivity contribution in [3.8, 4) is 11.5 Å². The number of hydrogen-bond donors (Lipinski definition) is 0. The Labute approximate surface area is 159 Å². The number of carbonyl (C=O) groups is 1. The number of halogens is 5. The maximum atomic E-state index is 13.8. The van der Waals surface area contributed by atoms with Crippen LogP contribution in [0.1, 0.15) is 47.8 Å². The van der Waals surface area contributed by atoms with E-state index in [0.29, 0.717) is 0 Å². The van der Waals surface area contributed by atoms with Crippen LogP contribution in [0.5, 0.6) is 11.5 Å². The molecule has 0 amide bonds. The van der Waals surface area contributed by atoms with Crippen LogP contribution in [-0.4, -0.2) is 11.6 Å². The van der Waals surface area contributed by atoms with Gasteiger partial charge in [-0.2, -0.15) is 13.2 Å². The molecule has 2 aromatic carbocycles. The molecular weight excluding hydrogens is 383 g/mol. The Morgan fingerprint density at radius 1 is 0.893 bits per heavy atom. The van der Waals surface area contributed by atoms with Gasteiger partial charge in [0.05, 0.1) is 5.56 Å². The minimum absolute atomic E-state index is 0.136. The highest BCUT2D eigenvalue weighted by Crippen LogP contribution is 2.39. The summed E-state index contributed by atoms with van der Waals surface area (Å²) in [6.45, 7) is 7.06. The molecule has 0 N–H and O–H groups in total. The van der Waals surface area contributed by atoms with E-state index in [4.69, 9.17) is 9.47 Å². The second-order valence-corrected chi connectivity index (χ2v) is 7.20. The number of esters is 1. The van der Waals surface area contributed by atoms with E-state index in [2.05, 4.69) is 0 Å². The van der Waals surface area contributed by atoms with Crippen LogP contribution in [0, 0.1) is 25.5 Å². The quantitative estimate of drug-likeness (QED) is 0.443. The third kappa shape index (κ3) is 4.61. The average Bonchev–Trinajstić information content (AvgIpc) is 2.52. The lowest BCUT2D eigenvalue weighted by atomic mass is 10.0. The topological polar surface area (TPSA) is 35.5 Å². The van der Waals surface area contributed by atoms with Gasteiger partial charge in [-0.05, 0) is 64.4 Å². The molecule has 0 heterocycles. The minimum atomic E-state index is -4.70. The Morgan fingerprint density at radius 2 is 1.46 bits per heavy atom. The fraction of sp³-hybridized carbons (Fsp3) is 0.350. The van der Waals surface area contributed by atoms with Crippen LogP contribution in [0.3, 0.4) is 0 Å². The van der Waals surface area contributed by atoms with Gasteiger partial charge in [0.2, 0.25) is 0 Å². The summed E-state index contributed by atoms with van der Waals surface area (Å²) in [6.07, 6.45) is -4.70. The molecule has 152 valence electrons. The van der Waals surface area contributed by atoms with Crippen molar-refractivity contribution in [3.63, 3.8) is 0 Å². The van der Waals surface area contributed by atoms with E-state index in [1.807, 2.05) is 0 Å². The van der Waals surface area contributed by atoms with Gasteiger partial charge in [0, 0.05) is 5.56 Å². The van der Waals surface area contributed by atoms with Gasteiger partial charge in [0.1, 0.15) is 22.7 Å².